The third kappa shape index (κ3) is 5.75. The summed E-state index contributed by atoms with van der Waals surface area (Å²) in [5, 5.41) is 6.07. The Morgan fingerprint density at radius 3 is 2.60 bits per heavy atom. The normalized spacial score (nSPS) is 17.2. The molecule has 0 aromatic heterocycles. The lowest BCUT2D eigenvalue weighted by Crippen LogP contribution is -2.48. The maximum absolute atomic E-state index is 12.8. The van der Waals surface area contributed by atoms with E-state index in [1.807, 2.05) is 55.5 Å². The Morgan fingerprint density at radius 2 is 1.90 bits per heavy atom. The second-order valence-electron chi connectivity index (χ2n) is 7.89. The first kappa shape index (κ1) is 21.7. The number of piperidine rings is 1. The number of ether oxygens (including phenoxy) is 1. The molecule has 6 nitrogen and oxygen atoms in total. The average molecular weight is 410 g/mol. The number of aryl methyl sites for hydroxylation is 1. The van der Waals surface area contributed by atoms with E-state index in [1.54, 1.807) is 7.11 Å². The van der Waals surface area contributed by atoms with Crippen LogP contribution >= 0.6 is 0 Å². The zero-order chi connectivity index (χ0) is 21.5. The second kappa shape index (κ2) is 10.1. The fraction of sp³-hybridized carbons (Fsp3) is 0.417. The number of anilines is 1. The van der Waals surface area contributed by atoms with E-state index in [2.05, 4.69) is 15.5 Å². The molecule has 2 atom stereocenters. The lowest BCUT2D eigenvalue weighted by molar-refractivity contribution is -0.123. The number of nitrogens with zero attached hydrogens (tertiary/aromatic N) is 1. The number of hydrogen-bond acceptors (Lipinski definition) is 4. The summed E-state index contributed by atoms with van der Waals surface area (Å²) in [7, 11) is 1.68. The zero-order valence-electron chi connectivity index (χ0n) is 18.0. The van der Waals surface area contributed by atoms with E-state index in [4.69, 9.17) is 4.74 Å². The Labute approximate surface area is 178 Å². The van der Waals surface area contributed by atoms with Gasteiger partial charge in [0.2, 0.25) is 11.8 Å². The Hall–Kier alpha value is -3.02. The maximum atomic E-state index is 12.8. The summed E-state index contributed by atoms with van der Waals surface area (Å²) in [6.45, 7) is 5.16. The first-order valence-electron chi connectivity index (χ1n) is 10.5. The third-order valence-corrected chi connectivity index (χ3v) is 5.46. The van der Waals surface area contributed by atoms with Crippen LogP contribution < -0.4 is 20.3 Å². The monoisotopic (exact) mass is 409 g/mol. The molecule has 0 spiro atoms. The van der Waals surface area contributed by atoms with Gasteiger partial charge in [0, 0.05) is 26.1 Å². The Morgan fingerprint density at radius 1 is 1.17 bits per heavy atom. The summed E-state index contributed by atoms with van der Waals surface area (Å²) in [6.07, 6.45) is 2.15. The summed E-state index contributed by atoms with van der Waals surface area (Å²) < 4.78 is 5.49. The van der Waals surface area contributed by atoms with Crippen molar-refractivity contribution in [1.29, 1.82) is 0 Å². The number of carbonyl (C=O) groups excluding carboxylic acids is 2. The van der Waals surface area contributed by atoms with E-state index in [0.717, 1.165) is 48.5 Å². The van der Waals surface area contributed by atoms with Crippen molar-refractivity contribution < 1.29 is 14.3 Å². The standard InChI is InChI=1S/C24H31N3O3/c1-17-10-12-19(13-11-17)21(25-18(2)28)15-24(29)26-20-7-6-14-27(16-20)22-8-4-5-9-23(22)30-3/h4-5,8-13,20-21H,6-7,14-16H2,1-3H3,(H,25,28)(H,26,29). The Bertz CT molecular complexity index is 866. The van der Waals surface area contributed by atoms with Crippen LogP contribution in [0.4, 0.5) is 5.69 Å². The van der Waals surface area contributed by atoms with E-state index in [-0.39, 0.29) is 30.3 Å². The van der Waals surface area contributed by atoms with Crippen molar-refractivity contribution in [2.45, 2.75) is 45.2 Å². The van der Waals surface area contributed by atoms with Crippen LogP contribution in [0.5, 0.6) is 5.75 Å². The van der Waals surface area contributed by atoms with Gasteiger partial charge >= 0.3 is 0 Å². The predicted molar refractivity (Wildman–Crippen MR) is 119 cm³/mol. The first-order chi connectivity index (χ1) is 14.5. The minimum atomic E-state index is -0.336. The third-order valence-electron chi connectivity index (χ3n) is 5.46. The summed E-state index contributed by atoms with van der Waals surface area (Å²) in [5.41, 5.74) is 3.13. The van der Waals surface area contributed by atoms with Crippen molar-refractivity contribution in [3.8, 4) is 5.75 Å². The van der Waals surface area contributed by atoms with E-state index >= 15 is 0 Å². The summed E-state index contributed by atoms with van der Waals surface area (Å²) in [6, 6.07) is 15.6. The molecule has 30 heavy (non-hydrogen) atoms. The van der Waals surface area contributed by atoms with Gasteiger partial charge < -0.3 is 20.3 Å². The van der Waals surface area contributed by atoms with Crippen LogP contribution in [0.25, 0.3) is 0 Å². The molecule has 0 radical (unpaired) electrons. The second-order valence-corrected chi connectivity index (χ2v) is 7.89. The SMILES string of the molecule is COc1ccccc1N1CCCC(NC(=O)CC(NC(C)=O)c2ccc(C)cc2)C1. The molecule has 1 fully saturated rings. The lowest BCUT2D eigenvalue weighted by Gasteiger charge is -2.35. The van der Waals surface area contributed by atoms with E-state index in [0.29, 0.717) is 0 Å². The number of nitrogens with one attached hydrogen (secondary N) is 2. The predicted octanol–water partition coefficient (Wildman–Crippen LogP) is 3.36. The molecule has 1 saturated heterocycles. The van der Waals surface area contributed by atoms with Crippen LogP contribution in [-0.2, 0) is 9.59 Å². The molecule has 1 aliphatic rings. The number of rotatable bonds is 7. The fourth-order valence-corrected chi connectivity index (χ4v) is 3.97. The summed E-state index contributed by atoms with van der Waals surface area (Å²) in [5.74, 6) is 0.643. The zero-order valence-corrected chi connectivity index (χ0v) is 18.0. The van der Waals surface area contributed by atoms with Gasteiger partial charge in [-0.3, -0.25) is 9.59 Å². The number of para-hydroxylation sites is 2. The van der Waals surface area contributed by atoms with Crippen LogP contribution in [-0.4, -0.2) is 38.1 Å². The van der Waals surface area contributed by atoms with Crippen molar-refractivity contribution in [3.05, 3.63) is 59.7 Å². The Balaban J connectivity index is 1.63. The highest BCUT2D eigenvalue weighted by atomic mass is 16.5. The number of methoxy groups -OCH3 is 1. The van der Waals surface area contributed by atoms with Crippen LogP contribution in [0, 0.1) is 6.92 Å². The molecule has 1 heterocycles. The highest BCUT2D eigenvalue weighted by molar-refractivity contribution is 5.79. The number of hydrogen-bond donors (Lipinski definition) is 2. The first-order valence-corrected chi connectivity index (χ1v) is 10.5. The molecule has 0 saturated carbocycles. The minimum absolute atomic E-state index is 0.0544. The molecule has 0 bridgehead atoms. The molecule has 6 heteroatoms. The van der Waals surface area contributed by atoms with Gasteiger partial charge in [-0.15, -0.1) is 0 Å². The summed E-state index contributed by atoms with van der Waals surface area (Å²) >= 11 is 0. The van der Waals surface area contributed by atoms with Gasteiger partial charge in [-0.25, -0.2) is 0 Å². The molecule has 0 aliphatic carbocycles. The van der Waals surface area contributed by atoms with Crippen LogP contribution in [0.3, 0.4) is 0 Å². The van der Waals surface area contributed by atoms with Crippen LogP contribution in [0.15, 0.2) is 48.5 Å². The van der Waals surface area contributed by atoms with Crippen molar-refractivity contribution in [2.75, 3.05) is 25.1 Å². The van der Waals surface area contributed by atoms with Crippen molar-refractivity contribution in [1.82, 2.24) is 10.6 Å². The average Bonchev–Trinajstić information content (AvgIpc) is 2.73. The van der Waals surface area contributed by atoms with Crippen LogP contribution in [0.1, 0.15) is 43.4 Å². The van der Waals surface area contributed by atoms with Crippen LogP contribution in [0.2, 0.25) is 0 Å². The van der Waals surface area contributed by atoms with Crippen molar-refractivity contribution >= 4 is 17.5 Å². The molecule has 3 rings (SSSR count). The van der Waals surface area contributed by atoms with Crippen molar-refractivity contribution in [3.63, 3.8) is 0 Å². The molecule has 2 amide bonds. The maximum Gasteiger partial charge on any atom is 0.222 e. The minimum Gasteiger partial charge on any atom is -0.495 e. The van der Waals surface area contributed by atoms with E-state index in [9.17, 15) is 9.59 Å². The fourth-order valence-electron chi connectivity index (χ4n) is 3.97. The topological polar surface area (TPSA) is 70.7 Å². The Kier molecular flexibility index (Phi) is 7.33. The van der Waals surface area contributed by atoms with Gasteiger partial charge in [-0.1, -0.05) is 42.0 Å². The molecule has 2 aromatic rings. The van der Waals surface area contributed by atoms with Gasteiger partial charge in [-0.05, 0) is 37.5 Å². The quantitative estimate of drug-likeness (QED) is 0.736. The molecule has 2 N–H and O–H groups in total. The van der Waals surface area contributed by atoms with Gasteiger partial charge in [0.1, 0.15) is 5.75 Å². The molecule has 2 unspecified atom stereocenters. The van der Waals surface area contributed by atoms with Gasteiger partial charge in [-0.2, -0.15) is 0 Å². The molecule has 160 valence electrons. The smallest absolute Gasteiger partial charge is 0.222 e. The van der Waals surface area contributed by atoms with Gasteiger partial charge in [0.25, 0.3) is 0 Å². The molecular weight excluding hydrogens is 378 g/mol. The van der Waals surface area contributed by atoms with E-state index < -0.39 is 0 Å². The van der Waals surface area contributed by atoms with Gasteiger partial charge in [0.05, 0.1) is 25.3 Å². The van der Waals surface area contributed by atoms with E-state index in [1.165, 1.54) is 6.92 Å². The molecular formula is C24H31N3O3. The molecule has 1 aliphatic heterocycles. The number of amides is 2. The summed E-state index contributed by atoms with van der Waals surface area (Å²) in [4.78, 5) is 26.7. The van der Waals surface area contributed by atoms with Gasteiger partial charge in [0.15, 0.2) is 0 Å². The molecule has 2 aromatic carbocycles. The number of benzene rings is 2. The highest BCUT2D eigenvalue weighted by Gasteiger charge is 2.25. The largest absolute Gasteiger partial charge is 0.495 e. The van der Waals surface area contributed by atoms with Crippen molar-refractivity contribution in [2.24, 2.45) is 0 Å². The lowest BCUT2D eigenvalue weighted by atomic mass is 10.0. The number of carbonyl (C=O) groups is 2. The highest BCUT2D eigenvalue weighted by Crippen LogP contribution is 2.30.